The molecular formula is C25H24FN7O. The normalized spacial score (nSPS) is 16.9. The van der Waals surface area contributed by atoms with Crippen LogP contribution in [0.1, 0.15) is 24.9 Å². The fourth-order valence-corrected chi connectivity index (χ4v) is 4.19. The van der Waals surface area contributed by atoms with Gasteiger partial charge in [-0.1, -0.05) is 12.1 Å². The van der Waals surface area contributed by atoms with Crippen LogP contribution in [0.2, 0.25) is 0 Å². The number of hydrogen-bond acceptors (Lipinski definition) is 6. The Morgan fingerprint density at radius 3 is 2.82 bits per heavy atom. The number of nitrogens with zero attached hydrogens (tertiary/aromatic N) is 5. The number of rotatable bonds is 6. The summed E-state index contributed by atoms with van der Waals surface area (Å²) in [6.07, 6.45) is 5.58. The molecule has 5 rings (SSSR count). The molecule has 0 saturated carbocycles. The van der Waals surface area contributed by atoms with E-state index in [1.807, 2.05) is 31.2 Å². The summed E-state index contributed by atoms with van der Waals surface area (Å²) in [7, 11) is 2.10. The molecule has 3 aromatic heterocycles. The summed E-state index contributed by atoms with van der Waals surface area (Å²) in [5.41, 5.74) is 2.88. The summed E-state index contributed by atoms with van der Waals surface area (Å²) >= 11 is 0. The molecule has 1 aliphatic rings. The Labute approximate surface area is 196 Å². The molecule has 1 saturated heterocycles. The van der Waals surface area contributed by atoms with E-state index < -0.39 is 5.82 Å². The molecule has 1 aliphatic heterocycles. The van der Waals surface area contributed by atoms with E-state index in [0.29, 0.717) is 28.2 Å². The topological polar surface area (TPSA) is 83.3 Å². The third-order valence-electron chi connectivity index (χ3n) is 6.02. The molecule has 0 aliphatic carbocycles. The Kier molecular flexibility index (Phi) is 5.82. The molecule has 0 unspecified atom stereocenters. The maximum Gasteiger partial charge on any atom is 0.231 e. The van der Waals surface area contributed by atoms with Gasteiger partial charge in [0.05, 0.1) is 24.5 Å². The predicted molar refractivity (Wildman–Crippen MR) is 128 cm³/mol. The highest BCUT2D eigenvalue weighted by atomic mass is 19.1. The molecular weight excluding hydrogens is 433 g/mol. The van der Waals surface area contributed by atoms with Crippen LogP contribution in [0, 0.1) is 12.4 Å². The van der Waals surface area contributed by atoms with Gasteiger partial charge in [0.25, 0.3) is 0 Å². The van der Waals surface area contributed by atoms with E-state index in [-0.39, 0.29) is 17.8 Å². The smallest absolute Gasteiger partial charge is 0.231 e. The number of hydrogen-bond donors (Lipinski definition) is 2. The molecule has 2 N–H and O–H groups in total. The molecule has 8 nitrogen and oxygen atoms in total. The van der Waals surface area contributed by atoms with Gasteiger partial charge in [-0.3, -0.25) is 0 Å². The molecule has 0 bridgehead atoms. The Bertz CT molecular complexity index is 1360. The minimum Gasteiger partial charge on any atom is -0.489 e. The summed E-state index contributed by atoms with van der Waals surface area (Å²) in [6, 6.07) is 9.30. The lowest BCUT2D eigenvalue weighted by molar-refractivity contribution is 0.208. The van der Waals surface area contributed by atoms with E-state index >= 15 is 0 Å². The van der Waals surface area contributed by atoms with Gasteiger partial charge in [0.1, 0.15) is 23.3 Å². The first-order valence-electron chi connectivity index (χ1n) is 11.1. The number of fused-ring (bicyclic) bond motifs is 1. The monoisotopic (exact) mass is 457 g/mol. The van der Waals surface area contributed by atoms with Crippen LogP contribution in [0.15, 0.2) is 48.9 Å². The number of likely N-dealkylation sites (N-methyl/N-ethyl adjacent to an activating group) is 1. The van der Waals surface area contributed by atoms with Crippen molar-refractivity contribution in [1.82, 2.24) is 24.8 Å². The Morgan fingerprint density at radius 2 is 2.09 bits per heavy atom. The maximum atomic E-state index is 13.8. The second-order valence-corrected chi connectivity index (χ2v) is 8.52. The van der Waals surface area contributed by atoms with Crippen LogP contribution in [0.4, 0.5) is 16.0 Å². The highest BCUT2D eigenvalue weighted by molar-refractivity contribution is 5.96. The summed E-state index contributed by atoms with van der Waals surface area (Å²) in [4.78, 5) is 21.8. The zero-order chi connectivity index (χ0) is 23.7. The number of likely N-dealkylation sites (tertiary alicyclic amines) is 1. The van der Waals surface area contributed by atoms with Crippen molar-refractivity contribution in [3.8, 4) is 17.0 Å². The average Bonchev–Trinajstić information content (AvgIpc) is 3.44. The predicted octanol–water partition coefficient (Wildman–Crippen LogP) is 4.97. The Morgan fingerprint density at radius 1 is 1.26 bits per heavy atom. The summed E-state index contributed by atoms with van der Waals surface area (Å²) < 4.78 is 19.9. The van der Waals surface area contributed by atoms with Crippen molar-refractivity contribution in [3.63, 3.8) is 0 Å². The minimum atomic E-state index is -0.453. The molecule has 0 radical (unpaired) electrons. The molecule has 4 aromatic rings. The van der Waals surface area contributed by atoms with E-state index in [4.69, 9.17) is 11.3 Å². The number of aromatic nitrogens is 4. The summed E-state index contributed by atoms with van der Waals surface area (Å²) in [5, 5.41) is 3.86. The van der Waals surface area contributed by atoms with Crippen molar-refractivity contribution in [1.29, 1.82) is 0 Å². The number of H-pyrrole nitrogens is 1. The first kappa shape index (κ1) is 21.8. The van der Waals surface area contributed by atoms with Gasteiger partial charge >= 0.3 is 0 Å². The van der Waals surface area contributed by atoms with E-state index in [1.54, 1.807) is 6.20 Å². The standard InChI is InChI=1S/C25H24FN7O/c1-15(16-4-6-18(7-5-16)34-19-8-9-33(3)14-19)31-25-30-13-22(27-2)23(32-25)21-12-29-24-20(21)10-17(26)11-28-24/h4-7,10-13,15,19H,8-9,14H2,1,3H3,(H,28,29)(H,30,31,32)/t15-,19-/m0/s1. The molecule has 172 valence electrons. The highest BCUT2D eigenvalue weighted by Crippen LogP contribution is 2.34. The lowest BCUT2D eigenvalue weighted by atomic mass is 10.1. The van der Waals surface area contributed by atoms with Crippen molar-refractivity contribution in [2.24, 2.45) is 0 Å². The van der Waals surface area contributed by atoms with Gasteiger partial charge in [0, 0.05) is 36.4 Å². The molecule has 0 amide bonds. The number of halogens is 1. The lowest BCUT2D eigenvalue weighted by Crippen LogP contribution is -2.21. The van der Waals surface area contributed by atoms with Crippen molar-refractivity contribution in [3.05, 3.63) is 71.7 Å². The zero-order valence-electron chi connectivity index (χ0n) is 18.9. The zero-order valence-corrected chi connectivity index (χ0v) is 18.9. The molecule has 4 heterocycles. The minimum absolute atomic E-state index is 0.0830. The van der Waals surface area contributed by atoms with Crippen molar-refractivity contribution >= 4 is 22.7 Å². The van der Waals surface area contributed by atoms with E-state index in [9.17, 15) is 4.39 Å². The van der Waals surface area contributed by atoms with Crippen LogP contribution in [0.25, 0.3) is 27.1 Å². The molecule has 0 spiro atoms. The second kappa shape index (κ2) is 9.08. The maximum absolute atomic E-state index is 13.8. The van der Waals surface area contributed by atoms with Gasteiger partial charge in [-0.2, -0.15) is 0 Å². The molecule has 1 aromatic carbocycles. The largest absolute Gasteiger partial charge is 0.489 e. The first-order valence-corrected chi connectivity index (χ1v) is 11.1. The SMILES string of the molecule is [C-]#[N+]c1cnc(N[C@@H](C)c2ccc(O[C@H]3CCN(C)C3)cc2)nc1-c1c[nH]c2ncc(F)cc12. The van der Waals surface area contributed by atoms with Crippen LogP contribution >= 0.6 is 0 Å². The third-order valence-corrected chi connectivity index (χ3v) is 6.02. The number of aromatic amines is 1. The van der Waals surface area contributed by atoms with E-state index in [0.717, 1.165) is 37.0 Å². The van der Waals surface area contributed by atoms with Crippen LogP contribution < -0.4 is 10.1 Å². The third kappa shape index (κ3) is 4.40. The fraction of sp³-hybridized carbons (Fsp3) is 0.280. The summed E-state index contributed by atoms with van der Waals surface area (Å²) in [6.45, 7) is 11.5. The highest BCUT2D eigenvalue weighted by Gasteiger charge is 2.21. The van der Waals surface area contributed by atoms with Crippen LogP contribution in [0.3, 0.4) is 0 Å². The fourth-order valence-electron chi connectivity index (χ4n) is 4.19. The van der Waals surface area contributed by atoms with E-state index in [1.165, 1.54) is 12.3 Å². The number of pyridine rings is 1. The number of ether oxygens (including phenoxy) is 1. The van der Waals surface area contributed by atoms with E-state index in [2.05, 4.69) is 42.0 Å². The van der Waals surface area contributed by atoms with Crippen LogP contribution in [-0.4, -0.2) is 51.1 Å². The van der Waals surface area contributed by atoms with Gasteiger partial charge in [-0.15, -0.1) is 0 Å². The molecule has 2 atom stereocenters. The van der Waals surface area contributed by atoms with Gasteiger partial charge < -0.3 is 19.9 Å². The lowest BCUT2D eigenvalue weighted by Gasteiger charge is -2.17. The van der Waals surface area contributed by atoms with Gasteiger partial charge in [-0.25, -0.2) is 24.2 Å². The van der Waals surface area contributed by atoms with Gasteiger partial charge in [-0.05, 0) is 44.2 Å². The first-order chi connectivity index (χ1) is 16.5. The van der Waals surface area contributed by atoms with Crippen molar-refractivity contribution < 1.29 is 9.13 Å². The number of nitrogens with one attached hydrogen (secondary N) is 2. The molecule has 1 fully saturated rings. The Balaban J connectivity index is 1.35. The van der Waals surface area contributed by atoms with Gasteiger partial charge in [0.15, 0.2) is 0 Å². The molecule has 34 heavy (non-hydrogen) atoms. The Hall–Kier alpha value is -4.03. The summed E-state index contributed by atoms with van der Waals surface area (Å²) in [5.74, 6) is 0.783. The van der Waals surface area contributed by atoms with Crippen LogP contribution in [-0.2, 0) is 0 Å². The van der Waals surface area contributed by atoms with Crippen LogP contribution in [0.5, 0.6) is 5.75 Å². The quantitative estimate of drug-likeness (QED) is 0.398. The number of anilines is 1. The molecule has 9 heteroatoms. The van der Waals surface area contributed by atoms with Crippen molar-refractivity contribution in [2.45, 2.75) is 25.5 Å². The van der Waals surface area contributed by atoms with Gasteiger partial charge in [0.2, 0.25) is 11.6 Å². The second-order valence-electron chi connectivity index (χ2n) is 8.52. The average molecular weight is 458 g/mol. The number of benzene rings is 1. The van der Waals surface area contributed by atoms with Crippen molar-refractivity contribution in [2.75, 3.05) is 25.5 Å².